The number of aliphatic hydroxyl groups excluding tert-OH is 1. The molecule has 0 saturated heterocycles. The fourth-order valence-electron chi connectivity index (χ4n) is 2.52. The first-order valence-corrected chi connectivity index (χ1v) is 8.40. The van der Waals surface area contributed by atoms with Gasteiger partial charge in [0.05, 0.1) is 14.2 Å². The molecule has 0 radical (unpaired) electrons. The second kappa shape index (κ2) is 9.32. The van der Waals surface area contributed by atoms with Crippen molar-refractivity contribution in [2.24, 2.45) is 0 Å². The minimum atomic E-state index is -0.406. The third kappa shape index (κ3) is 5.17. The van der Waals surface area contributed by atoms with Crippen molar-refractivity contribution in [3.63, 3.8) is 0 Å². The molecule has 0 bridgehead atoms. The first-order valence-electron chi connectivity index (χ1n) is 8.40. The summed E-state index contributed by atoms with van der Waals surface area (Å²) in [4.78, 5) is 12.0. The summed E-state index contributed by atoms with van der Waals surface area (Å²) in [6.45, 7) is 1.77. The van der Waals surface area contributed by atoms with Crippen LogP contribution in [0.5, 0.6) is 23.0 Å². The van der Waals surface area contributed by atoms with Gasteiger partial charge in [0.2, 0.25) is 0 Å². The van der Waals surface area contributed by atoms with E-state index in [4.69, 9.17) is 9.47 Å². The monoisotopic (exact) mass is 382 g/mol. The van der Waals surface area contributed by atoms with Crippen molar-refractivity contribution in [3.8, 4) is 23.0 Å². The number of benzene rings is 2. The number of methoxy groups -OCH3 is 2. The number of ketones is 1. The lowest BCUT2D eigenvalue weighted by molar-refractivity contribution is -0.110. The molecule has 28 heavy (non-hydrogen) atoms. The Morgan fingerprint density at radius 1 is 0.964 bits per heavy atom. The minimum absolute atomic E-state index is 0.0147. The molecular weight excluding hydrogens is 360 g/mol. The van der Waals surface area contributed by atoms with Crippen molar-refractivity contribution in [2.45, 2.75) is 6.92 Å². The van der Waals surface area contributed by atoms with Crippen LogP contribution in [0.15, 0.2) is 54.3 Å². The van der Waals surface area contributed by atoms with Crippen LogP contribution in [0, 0.1) is 6.92 Å². The number of hydrogen-bond donors (Lipinski definition) is 3. The van der Waals surface area contributed by atoms with Gasteiger partial charge in [-0.15, -0.1) is 0 Å². The van der Waals surface area contributed by atoms with Gasteiger partial charge in [-0.2, -0.15) is 0 Å². The Morgan fingerprint density at radius 2 is 1.68 bits per heavy atom. The summed E-state index contributed by atoms with van der Waals surface area (Å²) in [5, 5.41) is 29.2. The van der Waals surface area contributed by atoms with Gasteiger partial charge in [0.15, 0.2) is 28.8 Å². The van der Waals surface area contributed by atoms with Crippen LogP contribution in [0.4, 0.5) is 0 Å². The molecule has 0 unspecified atom stereocenters. The van der Waals surface area contributed by atoms with Crippen LogP contribution < -0.4 is 9.47 Å². The zero-order chi connectivity index (χ0) is 20.7. The van der Waals surface area contributed by atoms with Crippen molar-refractivity contribution < 1.29 is 29.6 Å². The van der Waals surface area contributed by atoms with Crippen LogP contribution in [0.2, 0.25) is 0 Å². The lowest BCUT2D eigenvalue weighted by Crippen LogP contribution is -1.92. The van der Waals surface area contributed by atoms with Crippen molar-refractivity contribution in [2.75, 3.05) is 14.2 Å². The Morgan fingerprint density at radius 3 is 2.36 bits per heavy atom. The summed E-state index contributed by atoms with van der Waals surface area (Å²) in [6, 6.07) is 7.87. The molecule has 0 aliphatic rings. The Kier molecular flexibility index (Phi) is 6.87. The number of aromatic hydroxyl groups is 2. The van der Waals surface area contributed by atoms with Gasteiger partial charge in [-0.25, -0.2) is 0 Å². The van der Waals surface area contributed by atoms with Gasteiger partial charge in [0, 0.05) is 11.6 Å². The van der Waals surface area contributed by atoms with Crippen LogP contribution >= 0.6 is 0 Å². The molecule has 2 rings (SSSR count). The number of phenolic OH excluding ortho intramolecular Hbond substituents is 2. The fourth-order valence-corrected chi connectivity index (χ4v) is 2.52. The Hall–Kier alpha value is -3.67. The van der Waals surface area contributed by atoms with E-state index in [1.165, 1.54) is 38.5 Å². The van der Waals surface area contributed by atoms with Crippen LogP contribution in [-0.4, -0.2) is 35.3 Å². The molecule has 0 amide bonds. The maximum atomic E-state index is 12.0. The van der Waals surface area contributed by atoms with Crippen molar-refractivity contribution in [3.05, 3.63) is 71.0 Å². The molecule has 0 aliphatic carbocycles. The Bertz CT molecular complexity index is 954. The summed E-state index contributed by atoms with van der Waals surface area (Å²) < 4.78 is 10.1. The van der Waals surface area contributed by atoms with Crippen molar-refractivity contribution in [1.29, 1.82) is 0 Å². The Balaban J connectivity index is 2.11. The highest BCUT2D eigenvalue weighted by Gasteiger charge is 2.08. The van der Waals surface area contributed by atoms with E-state index in [0.29, 0.717) is 28.2 Å². The maximum Gasteiger partial charge on any atom is 0.182 e. The molecular formula is C22H22O6. The smallest absolute Gasteiger partial charge is 0.182 e. The number of rotatable bonds is 7. The van der Waals surface area contributed by atoms with E-state index in [0.717, 1.165) is 6.08 Å². The second-order valence-electron chi connectivity index (χ2n) is 5.90. The lowest BCUT2D eigenvalue weighted by Gasteiger charge is -2.09. The molecule has 0 aromatic heterocycles. The number of allylic oxidation sites excluding steroid dienone is 3. The third-order valence-corrected chi connectivity index (χ3v) is 4.00. The van der Waals surface area contributed by atoms with E-state index in [9.17, 15) is 20.1 Å². The van der Waals surface area contributed by atoms with Crippen LogP contribution in [0.25, 0.3) is 12.2 Å². The number of hydrogen-bond acceptors (Lipinski definition) is 6. The molecule has 0 aliphatic heterocycles. The molecule has 0 spiro atoms. The highest BCUT2D eigenvalue weighted by atomic mass is 16.5. The fraction of sp³-hybridized carbons (Fsp3) is 0.136. The van der Waals surface area contributed by atoms with Crippen LogP contribution in [0.1, 0.15) is 16.7 Å². The number of ether oxygens (including phenoxy) is 2. The summed E-state index contributed by atoms with van der Waals surface area (Å²) in [5.74, 6) is 0.0704. The zero-order valence-electron chi connectivity index (χ0n) is 15.8. The van der Waals surface area contributed by atoms with E-state index in [1.54, 1.807) is 37.3 Å². The number of carbonyl (C=O) groups is 1. The van der Waals surface area contributed by atoms with Gasteiger partial charge in [0.25, 0.3) is 0 Å². The van der Waals surface area contributed by atoms with E-state index in [-0.39, 0.29) is 17.3 Å². The molecule has 0 heterocycles. The number of carbonyl (C=O) groups excluding carboxylic acids is 1. The first-order chi connectivity index (χ1) is 13.3. The Labute approximate surface area is 163 Å². The highest BCUT2D eigenvalue weighted by molar-refractivity contribution is 6.02. The molecule has 0 fully saturated rings. The van der Waals surface area contributed by atoms with Crippen LogP contribution in [0.3, 0.4) is 0 Å². The van der Waals surface area contributed by atoms with E-state index < -0.39 is 5.78 Å². The zero-order valence-corrected chi connectivity index (χ0v) is 15.8. The largest absolute Gasteiger partial charge is 0.508 e. The molecule has 2 aromatic carbocycles. The SMILES string of the molecule is COc1cc(/C=C/C(O)=C/C(=O)/C=C/c2ccc(O)c(OC)c2C)ccc1O. The summed E-state index contributed by atoms with van der Waals surface area (Å²) in [6.07, 6.45) is 6.92. The highest BCUT2D eigenvalue weighted by Crippen LogP contribution is 2.32. The van der Waals surface area contributed by atoms with Crippen molar-refractivity contribution in [1.82, 2.24) is 0 Å². The quantitative estimate of drug-likeness (QED) is 0.378. The van der Waals surface area contributed by atoms with Gasteiger partial charge in [-0.3, -0.25) is 4.79 Å². The van der Waals surface area contributed by atoms with Crippen molar-refractivity contribution >= 4 is 17.9 Å². The van der Waals surface area contributed by atoms with Gasteiger partial charge in [0.1, 0.15) is 5.76 Å². The predicted molar refractivity (Wildman–Crippen MR) is 108 cm³/mol. The molecule has 3 N–H and O–H groups in total. The molecule has 2 aromatic rings. The standard InChI is InChI=1S/C22H22O6/c1-14-16(7-11-20(26)22(14)28-3)6-9-18(24)13-17(23)8-4-15-5-10-19(25)21(12-15)27-2/h4-13,23,25-26H,1-3H3/b8-4+,9-6+,17-13-. The molecule has 6 heteroatoms. The topological polar surface area (TPSA) is 96.2 Å². The van der Waals surface area contributed by atoms with E-state index >= 15 is 0 Å². The average Bonchev–Trinajstić information content (AvgIpc) is 2.67. The van der Waals surface area contributed by atoms with Gasteiger partial charge in [-0.1, -0.05) is 24.3 Å². The molecule has 0 atom stereocenters. The minimum Gasteiger partial charge on any atom is -0.508 e. The van der Waals surface area contributed by atoms with E-state index in [1.807, 2.05) is 0 Å². The third-order valence-electron chi connectivity index (χ3n) is 4.00. The van der Waals surface area contributed by atoms with E-state index in [2.05, 4.69) is 0 Å². The maximum absolute atomic E-state index is 12.0. The number of phenols is 2. The van der Waals surface area contributed by atoms with Gasteiger partial charge in [-0.05, 0) is 48.4 Å². The molecule has 146 valence electrons. The van der Waals surface area contributed by atoms with Gasteiger partial charge >= 0.3 is 0 Å². The molecule has 0 saturated carbocycles. The second-order valence-corrected chi connectivity index (χ2v) is 5.90. The molecule has 6 nitrogen and oxygen atoms in total. The van der Waals surface area contributed by atoms with Gasteiger partial charge < -0.3 is 24.8 Å². The lowest BCUT2D eigenvalue weighted by atomic mass is 10.1. The first kappa shape index (κ1) is 20.6. The van der Waals surface area contributed by atoms with Crippen LogP contribution in [-0.2, 0) is 4.79 Å². The predicted octanol–water partition coefficient (Wildman–Crippen LogP) is 4.16. The average molecular weight is 382 g/mol. The summed E-state index contributed by atoms with van der Waals surface area (Å²) in [5.41, 5.74) is 2.09. The number of aliphatic hydroxyl groups is 1. The summed E-state index contributed by atoms with van der Waals surface area (Å²) >= 11 is 0. The summed E-state index contributed by atoms with van der Waals surface area (Å²) in [7, 11) is 2.90. The normalized spacial score (nSPS) is 11.9.